The van der Waals surface area contributed by atoms with Crippen LogP contribution in [0.5, 0.6) is 0 Å². The second-order valence-electron chi connectivity index (χ2n) is 3.38. The molecule has 0 radical (unpaired) electrons. The Bertz CT molecular complexity index is 423. The normalized spacial score (nSPS) is 14.8. The molecule has 2 unspecified atom stereocenters. The van der Waals surface area contributed by atoms with E-state index in [-0.39, 0.29) is 26.1 Å². The van der Waals surface area contributed by atoms with Crippen molar-refractivity contribution < 1.29 is 23.2 Å². The lowest BCUT2D eigenvalue weighted by molar-refractivity contribution is -0.114. The van der Waals surface area contributed by atoms with Gasteiger partial charge in [-0.15, -0.1) is 0 Å². The Kier molecular flexibility index (Phi) is 7.82. The molecule has 0 bridgehead atoms. The van der Waals surface area contributed by atoms with Crippen molar-refractivity contribution in [2.45, 2.75) is 12.8 Å². The van der Waals surface area contributed by atoms with Crippen molar-refractivity contribution in [1.82, 2.24) is 0 Å². The summed E-state index contributed by atoms with van der Waals surface area (Å²) in [6.45, 7) is 0.985. The number of hydrogen-bond acceptors (Lipinski definition) is 7. The Morgan fingerprint density at radius 3 is 2.50 bits per heavy atom. The molecule has 0 aliphatic rings. The molecule has 0 heterocycles. The first-order valence-electron chi connectivity index (χ1n) is 5.09. The van der Waals surface area contributed by atoms with Crippen molar-refractivity contribution in [3.63, 3.8) is 0 Å². The van der Waals surface area contributed by atoms with E-state index in [1.54, 1.807) is 6.07 Å². The Hall–Kier alpha value is -1.53. The van der Waals surface area contributed by atoms with E-state index >= 15 is 0 Å². The standard InChI is InChI=1S/C10H13N2O5P/c1-18(15,17-5-3-10(14)7-12)16-4-2-9(6-11)8-13/h8-9H,2-5H2,1H3. The van der Waals surface area contributed by atoms with Crippen LogP contribution < -0.4 is 0 Å². The number of ketones is 1. The van der Waals surface area contributed by atoms with Crippen LogP contribution in [0, 0.1) is 28.6 Å². The molecule has 0 amide bonds. The molecular weight excluding hydrogens is 259 g/mol. The number of rotatable bonds is 9. The molecule has 8 heteroatoms. The number of hydrogen-bond donors (Lipinski definition) is 0. The zero-order chi connectivity index (χ0) is 14.0. The fourth-order valence-electron chi connectivity index (χ4n) is 0.906. The molecule has 0 rings (SSSR count). The van der Waals surface area contributed by atoms with Gasteiger partial charge in [0, 0.05) is 13.1 Å². The molecule has 0 aromatic rings. The summed E-state index contributed by atoms with van der Waals surface area (Å²) < 4.78 is 21.4. The quantitative estimate of drug-likeness (QED) is 0.349. The highest BCUT2D eigenvalue weighted by molar-refractivity contribution is 7.52. The van der Waals surface area contributed by atoms with Gasteiger partial charge in [0.15, 0.2) is 0 Å². The number of nitriles is 2. The third-order valence-corrected chi connectivity index (χ3v) is 3.17. The van der Waals surface area contributed by atoms with Crippen LogP contribution in [0.3, 0.4) is 0 Å². The highest BCUT2D eigenvalue weighted by atomic mass is 31.2. The van der Waals surface area contributed by atoms with Crippen LogP contribution in [-0.4, -0.2) is 31.9 Å². The Morgan fingerprint density at radius 2 is 2.00 bits per heavy atom. The Morgan fingerprint density at radius 1 is 1.39 bits per heavy atom. The fraction of sp³-hybridized carbons (Fsp3) is 0.600. The first kappa shape index (κ1) is 16.5. The van der Waals surface area contributed by atoms with Crippen molar-refractivity contribution in [3.8, 4) is 12.1 Å². The second-order valence-corrected chi connectivity index (χ2v) is 5.44. The van der Waals surface area contributed by atoms with Crippen LogP contribution in [0.2, 0.25) is 0 Å². The van der Waals surface area contributed by atoms with Crippen molar-refractivity contribution in [2.75, 3.05) is 19.9 Å². The van der Waals surface area contributed by atoms with E-state index in [1.807, 2.05) is 0 Å². The van der Waals surface area contributed by atoms with Gasteiger partial charge < -0.3 is 13.8 Å². The molecule has 0 aromatic carbocycles. The summed E-state index contributed by atoms with van der Waals surface area (Å²) in [5, 5.41) is 16.7. The third kappa shape index (κ3) is 7.70. The molecular formula is C10H13N2O5P. The van der Waals surface area contributed by atoms with Crippen molar-refractivity contribution in [1.29, 1.82) is 10.5 Å². The molecule has 18 heavy (non-hydrogen) atoms. The van der Waals surface area contributed by atoms with Crippen LogP contribution in [0.25, 0.3) is 0 Å². The van der Waals surface area contributed by atoms with Crippen LogP contribution >= 0.6 is 7.60 Å². The number of nitrogens with zero attached hydrogens (tertiary/aromatic N) is 2. The summed E-state index contributed by atoms with van der Waals surface area (Å²) in [4.78, 5) is 21.0. The average Bonchev–Trinajstić information content (AvgIpc) is 2.34. The van der Waals surface area contributed by atoms with Gasteiger partial charge in [0.1, 0.15) is 18.3 Å². The van der Waals surface area contributed by atoms with E-state index in [4.69, 9.17) is 19.6 Å². The highest BCUT2D eigenvalue weighted by Gasteiger charge is 2.18. The van der Waals surface area contributed by atoms with Gasteiger partial charge in [-0.2, -0.15) is 10.5 Å². The van der Waals surface area contributed by atoms with E-state index in [0.717, 1.165) is 0 Å². The van der Waals surface area contributed by atoms with Crippen LogP contribution in [0.4, 0.5) is 0 Å². The van der Waals surface area contributed by atoms with Gasteiger partial charge in [-0.05, 0) is 6.42 Å². The maximum absolute atomic E-state index is 11.6. The third-order valence-electron chi connectivity index (χ3n) is 1.86. The van der Waals surface area contributed by atoms with E-state index in [2.05, 4.69) is 0 Å². The fourth-order valence-corrected chi connectivity index (χ4v) is 1.84. The maximum atomic E-state index is 11.6. The van der Waals surface area contributed by atoms with E-state index < -0.39 is 19.3 Å². The lowest BCUT2D eigenvalue weighted by Crippen LogP contribution is -2.06. The highest BCUT2D eigenvalue weighted by Crippen LogP contribution is 2.43. The second kappa shape index (κ2) is 8.54. The smallest absolute Gasteiger partial charge is 0.309 e. The molecule has 0 aliphatic heterocycles. The van der Waals surface area contributed by atoms with E-state index in [9.17, 15) is 14.2 Å². The zero-order valence-corrected chi connectivity index (χ0v) is 10.8. The number of carbonyl (C=O) groups is 2. The van der Waals surface area contributed by atoms with Crippen molar-refractivity contribution in [2.24, 2.45) is 5.92 Å². The topological polar surface area (TPSA) is 117 Å². The molecule has 2 atom stereocenters. The first-order chi connectivity index (χ1) is 8.45. The molecule has 0 aliphatic carbocycles. The summed E-state index contributed by atoms with van der Waals surface area (Å²) in [6, 6.07) is 3.14. The molecule has 0 fully saturated rings. The minimum atomic E-state index is -3.32. The lowest BCUT2D eigenvalue weighted by Gasteiger charge is -2.13. The maximum Gasteiger partial charge on any atom is 0.327 e. The minimum absolute atomic E-state index is 0.0586. The summed E-state index contributed by atoms with van der Waals surface area (Å²) in [7, 11) is -3.32. The van der Waals surface area contributed by atoms with Gasteiger partial charge in [0.05, 0.1) is 19.3 Å². The summed E-state index contributed by atoms with van der Waals surface area (Å²) in [5.74, 6) is -1.47. The molecule has 0 N–H and O–H groups in total. The van der Waals surface area contributed by atoms with Crippen LogP contribution in [0.15, 0.2) is 0 Å². The SMILES string of the molecule is CP(=O)(OCCC(=O)C#N)OCCC(C#N)C=O. The van der Waals surface area contributed by atoms with Gasteiger partial charge in [-0.25, -0.2) is 0 Å². The predicted molar refractivity (Wildman–Crippen MR) is 60.5 cm³/mol. The number of aldehydes is 1. The summed E-state index contributed by atoms with van der Waals surface area (Å²) >= 11 is 0. The summed E-state index contributed by atoms with van der Waals surface area (Å²) in [5.41, 5.74) is 0. The summed E-state index contributed by atoms with van der Waals surface area (Å²) in [6.07, 6.45) is 0.446. The molecule has 0 saturated heterocycles. The van der Waals surface area contributed by atoms with E-state index in [0.29, 0.717) is 6.29 Å². The van der Waals surface area contributed by atoms with E-state index in [1.165, 1.54) is 12.7 Å². The molecule has 7 nitrogen and oxygen atoms in total. The minimum Gasteiger partial charge on any atom is -0.309 e. The van der Waals surface area contributed by atoms with Crippen molar-refractivity contribution in [3.05, 3.63) is 0 Å². The van der Waals surface area contributed by atoms with Gasteiger partial charge in [-0.1, -0.05) is 0 Å². The molecule has 0 saturated carbocycles. The van der Waals surface area contributed by atoms with Crippen LogP contribution in [-0.2, 0) is 23.2 Å². The zero-order valence-electron chi connectivity index (χ0n) is 9.87. The molecule has 0 spiro atoms. The monoisotopic (exact) mass is 272 g/mol. The van der Waals surface area contributed by atoms with Crippen LogP contribution in [0.1, 0.15) is 12.8 Å². The van der Waals surface area contributed by atoms with Gasteiger partial charge >= 0.3 is 7.60 Å². The van der Waals surface area contributed by atoms with Gasteiger partial charge in [0.2, 0.25) is 5.78 Å². The Balaban J connectivity index is 3.91. The number of Topliss-reactive ketones (excluding diaryl/α,β-unsaturated/α-hetero) is 1. The van der Waals surface area contributed by atoms with Gasteiger partial charge in [-0.3, -0.25) is 9.36 Å². The number of carbonyl (C=O) groups excluding carboxylic acids is 2. The lowest BCUT2D eigenvalue weighted by atomic mass is 10.1. The van der Waals surface area contributed by atoms with Crippen molar-refractivity contribution >= 4 is 19.7 Å². The largest absolute Gasteiger partial charge is 0.327 e. The first-order valence-corrected chi connectivity index (χ1v) is 7.08. The molecule has 0 aromatic heterocycles. The predicted octanol–water partition coefficient (Wildman–Crippen LogP) is 1.05. The molecule has 98 valence electrons. The Labute approximate surface area is 105 Å². The average molecular weight is 272 g/mol. The van der Waals surface area contributed by atoms with Gasteiger partial charge in [0.25, 0.3) is 0 Å².